The summed E-state index contributed by atoms with van der Waals surface area (Å²) in [4.78, 5) is 0. The largest absolute Gasteiger partial charge is 0.416 e. The molecule has 3 N–H and O–H groups in total. The Bertz CT molecular complexity index is 365. The lowest BCUT2D eigenvalue weighted by atomic mass is 10.0. The molecule has 0 aromatic heterocycles. The van der Waals surface area contributed by atoms with Gasteiger partial charge in [0.25, 0.3) is 0 Å². The molecule has 0 aliphatic heterocycles. The van der Waals surface area contributed by atoms with Crippen LogP contribution in [0.15, 0.2) is 24.3 Å². The summed E-state index contributed by atoms with van der Waals surface area (Å²) in [6.45, 7) is 3.12. The van der Waals surface area contributed by atoms with Crippen LogP contribution < -0.4 is 11.3 Å². The minimum atomic E-state index is -4.29. The van der Waals surface area contributed by atoms with Crippen molar-refractivity contribution < 1.29 is 17.9 Å². The van der Waals surface area contributed by atoms with Crippen LogP contribution in [0.1, 0.15) is 24.5 Å². The highest BCUT2D eigenvalue weighted by Crippen LogP contribution is 2.29. The first-order chi connectivity index (χ1) is 8.97. The van der Waals surface area contributed by atoms with Crippen LogP contribution in [0.4, 0.5) is 13.2 Å². The summed E-state index contributed by atoms with van der Waals surface area (Å²) in [5.74, 6) is 5.42. The van der Waals surface area contributed by atoms with Gasteiger partial charge >= 0.3 is 6.18 Å². The Kier molecular flexibility index (Phi) is 6.27. The maximum absolute atomic E-state index is 12.4. The van der Waals surface area contributed by atoms with Crippen molar-refractivity contribution in [3.05, 3.63) is 35.4 Å². The SMILES string of the molecule is CCOCCC(Cc1ccc(C(F)(F)F)cc1)NN. The Morgan fingerprint density at radius 3 is 2.37 bits per heavy atom. The molecule has 0 spiro atoms. The third-order valence-electron chi connectivity index (χ3n) is 2.81. The van der Waals surface area contributed by atoms with E-state index < -0.39 is 11.7 Å². The number of alkyl halides is 3. The van der Waals surface area contributed by atoms with Gasteiger partial charge in [0.2, 0.25) is 0 Å². The highest BCUT2D eigenvalue weighted by Gasteiger charge is 2.29. The summed E-state index contributed by atoms with van der Waals surface area (Å²) < 4.78 is 42.4. The minimum absolute atomic E-state index is 0.0108. The van der Waals surface area contributed by atoms with Crippen LogP contribution >= 0.6 is 0 Å². The molecule has 1 unspecified atom stereocenters. The number of rotatable bonds is 7. The number of ether oxygens (including phenoxy) is 1. The Morgan fingerprint density at radius 2 is 1.89 bits per heavy atom. The quantitative estimate of drug-likeness (QED) is 0.457. The van der Waals surface area contributed by atoms with Gasteiger partial charge in [-0.1, -0.05) is 12.1 Å². The average molecular weight is 276 g/mol. The van der Waals surface area contributed by atoms with Crippen LogP contribution in [0.2, 0.25) is 0 Å². The first kappa shape index (κ1) is 15.9. The van der Waals surface area contributed by atoms with Gasteiger partial charge in [-0.2, -0.15) is 13.2 Å². The molecule has 1 rings (SSSR count). The molecule has 0 heterocycles. The molecule has 108 valence electrons. The van der Waals surface area contributed by atoms with E-state index in [4.69, 9.17) is 10.6 Å². The second kappa shape index (κ2) is 7.47. The summed E-state index contributed by atoms with van der Waals surface area (Å²) in [5, 5.41) is 0. The van der Waals surface area contributed by atoms with Gasteiger partial charge in [-0.05, 0) is 37.5 Å². The molecule has 0 radical (unpaired) electrons. The standard InChI is InChI=1S/C13H19F3N2O/c1-2-19-8-7-12(18-17)9-10-3-5-11(6-4-10)13(14,15)16/h3-6,12,18H,2,7-9,17H2,1H3. The van der Waals surface area contributed by atoms with Crippen molar-refractivity contribution in [3.63, 3.8) is 0 Å². The van der Waals surface area contributed by atoms with Crippen molar-refractivity contribution in [2.75, 3.05) is 13.2 Å². The smallest absolute Gasteiger partial charge is 0.382 e. The molecule has 0 aliphatic carbocycles. The summed E-state index contributed by atoms with van der Waals surface area (Å²) in [7, 11) is 0. The fourth-order valence-corrected chi connectivity index (χ4v) is 1.73. The minimum Gasteiger partial charge on any atom is -0.382 e. The van der Waals surface area contributed by atoms with Gasteiger partial charge in [-0.15, -0.1) is 0 Å². The highest BCUT2D eigenvalue weighted by atomic mass is 19.4. The van der Waals surface area contributed by atoms with Gasteiger partial charge in [-0.25, -0.2) is 0 Å². The van der Waals surface area contributed by atoms with Gasteiger partial charge in [0.15, 0.2) is 0 Å². The van der Waals surface area contributed by atoms with Crippen LogP contribution in [0.5, 0.6) is 0 Å². The highest BCUT2D eigenvalue weighted by molar-refractivity contribution is 5.25. The number of hydrogen-bond donors (Lipinski definition) is 2. The van der Waals surface area contributed by atoms with Crippen molar-refractivity contribution >= 4 is 0 Å². The van der Waals surface area contributed by atoms with Gasteiger partial charge in [0.05, 0.1) is 5.56 Å². The second-order valence-corrected chi connectivity index (χ2v) is 4.25. The lowest BCUT2D eigenvalue weighted by Crippen LogP contribution is -2.37. The second-order valence-electron chi connectivity index (χ2n) is 4.25. The maximum Gasteiger partial charge on any atom is 0.416 e. The molecule has 0 saturated heterocycles. The first-order valence-corrected chi connectivity index (χ1v) is 6.17. The molecular weight excluding hydrogens is 257 g/mol. The molecule has 1 atom stereocenters. The van der Waals surface area contributed by atoms with Crippen LogP contribution in [0, 0.1) is 0 Å². The molecule has 0 saturated carbocycles. The number of hydrogen-bond acceptors (Lipinski definition) is 3. The van der Waals surface area contributed by atoms with E-state index in [9.17, 15) is 13.2 Å². The van der Waals surface area contributed by atoms with E-state index in [0.29, 0.717) is 26.1 Å². The third kappa shape index (κ3) is 5.59. The van der Waals surface area contributed by atoms with Gasteiger partial charge < -0.3 is 4.74 Å². The summed E-state index contributed by atoms with van der Waals surface area (Å²) in [6.07, 6.45) is -3.01. The molecule has 0 fully saturated rings. The van der Waals surface area contributed by atoms with Crippen molar-refractivity contribution in [1.29, 1.82) is 0 Å². The fraction of sp³-hybridized carbons (Fsp3) is 0.538. The topological polar surface area (TPSA) is 47.3 Å². The summed E-state index contributed by atoms with van der Waals surface area (Å²) in [6, 6.07) is 5.13. The van der Waals surface area contributed by atoms with Crippen LogP contribution in [0.25, 0.3) is 0 Å². The van der Waals surface area contributed by atoms with Gasteiger partial charge in [0, 0.05) is 19.3 Å². The van der Waals surface area contributed by atoms with Crippen molar-refractivity contribution in [2.45, 2.75) is 32.0 Å². The van der Waals surface area contributed by atoms with Gasteiger partial charge in [-0.3, -0.25) is 11.3 Å². The molecule has 3 nitrogen and oxygen atoms in total. The number of halogens is 3. The number of nitrogens with one attached hydrogen (secondary N) is 1. The Balaban J connectivity index is 2.55. The first-order valence-electron chi connectivity index (χ1n) is 6.17. The lowest BCUT2D eigenvalue weighted by molar-refractivity contribution is -0.137. The number of benzene rings is 1. The predicted octanol–water partition coefficient (Wildman–Crippen LogP) is 2.51. The monoisotopic (exact) mass is 276 g/mol. The number of hydrazine groups is 1. The zero-order valence-corrected chi connectivity index (χ0v) is 10.8. The Labute approximate surface area is 110 Å². The van der Waals surface area contributed by atoms with Crippen LogP contribution in [-0.4, -0.2) is 19.3 Å². The third-order valence-corrected chi connectivity index (χ3v) is 2.81. The molecular formula is C13H19F3N2O. The Morgan fingerprint density at radius 1 is 1.26 bits per heavy atom. The fourth-order valence-electron chi connectivity index (χ4n) is 1.73. The van der Waals surface area contributed by atoms with Gasteiger partial charge in [0.1, 0.15) is 0 Å². The van der Waals surface area contributed by atoms with Crippen LogP contribution in [0.3, 0.4) is 0 Å². The van der Waals surface area contributed by atoms with E-state index >= 15 is 0 Å². The molecule has 6 heteroatoms. The molecule has 0 amide bonds. The molecule has 0 bridgehead atoms. The molecule has 0 aliphatic rings. The van der Waals surface area contributed by atoms with E-state index in [-0.39, 0.29) is 6.04 Å². The van der Waals surface area contributed by atoms with Crippen molar-refractivity contribution in [2.24, 2.45) is 5.84 Å². The summed E-state index contributed by atoms with van der Waals surface area (Å²) in [5.41, 5.74) is 2.83. The van der Waals surface area contributed by atoms with E-state index in [1.54, 1.807) is 0 Å². The molecule has 1 aromatic rings. The Hall–Kier alpha value is -1.11. The molecule has 1 aromatic carbocycles. The lowest BCUT2D eigenvalue weighted by Gasteiger charge is -2.16. The predicted molar refractivity (Wildman–Crippen MR) is 67.4 cm³/mol. The summed E-state index contributed by atoms with van der Waals surface area (Å²) >= 11 is 0. The van der Waals surface area contributed by atoms with E-state index in [0.717, 1.165) is 17.7 Å². The van der Waals surface area contributed by atoms with E-state index in [1.165, 1.54) is 12.1 Å². The zero-order chi connectivity index (χ0) is 14.3. The zero-order valence-electron chi connectivity index (χ0n) is 10.8. The van der Waals surface area contributed by atoms with Crippen molar-refractivity contribution in [1.82, 2.24) is 5.43 Å². The van der Waals surface area contributed by atoms with E-state index in [2.05, 4.69) is 5.43 Å². The maximum atomic E-state index is 12.4. The molecule has 19 heavy (non-hydrogen) atoms. The van der Waals surface area contributed by atoms with Crippen molar-refractivity contribution in [3.8, 4) is 0 Å². The normalized spacial score (nSPS) is 13.5. The van der Waals surface area contributed by atoms with E-state index in [1.807, 2.05) is 6.92 Å². The van der Waals surface area contributed by atoms with Crippen LogP contribution in [-0.2, 0) is 17.3 Å². The number of nitrogens with two attached hydrogens (primary N) is 1. The average Bonchev–Trinajstić information content (AvgIpc) is 2.37.